The van der Waals surface area contributed by atoms with Gasteiger partial charge in [0, 0.05) is 0 Å². The molecule has 3 rings (SSSR count). The molecule has 18 heavy (non-hydrogen) atoms. The predicted molar refractivity (Wildman–Crippen MR) is 68.9 cm³/mol. The van der Waals surface area contributed by atoms with Crippen molar-refractivity contribution in [2.45, 2.75) is 0 Å². The molecule has 1 aromatic heterocycles. The molecule has 0 saturated carbocycles. The van der Waals surface area contributed by atoms with Crippen LogP contribution >= 0.6 is 11.6 Å². The van der Waals surface area contributed by atoms with Crippen molar-refractivity contribution in [2.24, 2.45) is 0 Å². The molecule has 1 N–H and O–H groups in total. The number of aromatic nitrogens is 2. The third-order valence-electron chi connectivity index (χ3n) is 2.74. The molecule has 5 heteroatoms. The molecule has 0 saturated heterocycles. The predicted octanol–water partition coefficient (Wildman–Crippen LogP) is 3.11. The van der Waals surface area contributed by atoms with Gasteiger partial charge in [0.15, 0.2) is 0 Å². The van der Waals surface area contributed by atoms with Gasteiger partial charge < -0.3 is 4.98 Å². The maximum atomic E-state index is 13.1. The van der Waals surface area contributed by atoms with E-state index in [9.17, 15) is 9.18 Å². The zero-order chi connectivity index (χ0) is 12.7. The third-order valence-corrected chi connectivity index (χ3v) is 3.06. The van der Waals surface area contributed by atoms with Crippen LogP contribution in [0.1, 0.15) is 0 Å². The van der Waals surface area contributed by atoms with Gasteiger partial charge in [0.1, 0.15) is 5.82 Å². The van der Waals surface area contributed by atoms with Crippen molar-refractivity contribution < 1.29 is 4.39 Å². The van der Waals surface area contributed by atoms with Crippen molar-refractivity contribution in [3.8, 4) is 5.69 Å². The molecule has 3 nitrogen and oxygen atoms in total. The van der Waals surface area contributed by atoms with E-state index < -0.39 is 5.82 Å². The van der Waals surface area contributed by atoms with E-state index in [4.69, 9.17) is 11.6 Å². The molecular formula is C13H8ClFN2O. The van der Waals surface area contributed by atoms with Crippen molar-refractivity contribution in [3.63, 3.8) is 0 Å². The monoisotopic (exact) mass is 262 g/mol. The summed E-state index contributed by atoms with van der Waals surface area (Å²) in [4.78, 5) is 14.5. The van der Waals surface area contributed by atoms with Gasteiger partial charge in [-0.15, -0.1) is 0 Å². The SMILES string of the molecule is O=c1[nH]c2cc(F)ccc2n1-c1ccccc1Cl. The molecule has 0 aliphatic heterocycles. The Hall–Kier alpha value is -2.07. The van der Waals surface area contributed by atoms with Gasteiger partial charge in [-0.3, -0.25) is 4.57 Å². The minimum absolute atomic E-state index is 0.344. The maximum Gasteiger partial charge on any atom is 0.331 e. The van der Waals surface area contributed by atoms with E-state index in [0.29, 0.717) is 21.7 Å². The van der Waals surface area contributed by atoms with Crippen LogP contribution in [0.4, 0.5) is 4.39 Å². The Morgan fingerprint density at radius 1 is 1.17 bits per heavy atom. The summed E-state index contributed by atoms with van der Waals surface area (Å²) in [6, 6.07) is 11.1. The van der Waals surface area contributed by atoms with Gasteiger partial charge in [-0.25, -0.2) is 9.18 Å². The summed E-state index contributed by atoms with van der Waals surface area (Å²) >= 11 is 6.07. The average Bonchev–Trinajstić information content (AvgIpc) is 2.65. The van der Waals surface area contributed by atoms with E-state index in [2.05, 4.69) is 4.98 Å². The average molecular weight is 263 g/mol. The van der Waals surface area contributed by atoms with Crippen LogP contribution in [0.2, 0.25) is 5.02 Å². The summed E-state index contributed by atoms with van der Waals surface area (Å²) < 4.78 is 14.5. The molecule has 0 aliphatic rings. The highest BCUT2D eigenvalue weighted by atomic mass is 35.5. The minimum atomic E-state index is -0.393. The van der Waals surface area contributed by atoms with Gasteiger partial charge in [-0.1, -0.05) is 23.7 Å². The number of hydrogen-bond acceptors (Lipinski definition) is 1. The lowest BCUT2D eigenvalue weighted by atomic mass is 10.2. The van der Waals surface area contributed by atoms with Crippen LogP contribution in [0.5, 0.6) is 0 Å². The van der Waals surface area contributed by atoms with Gasteiger partial charge in [0.25, 0.3) is 0 Å². The van der Waals surface area contributed by atoms with E-state index in [0.717, 1.165) is 0 Å². The van der Waals surface area contributed by atoms with Crippen LogP contribution in [0.25, 0.3) is 16.7 Å². The number of hydrogen-bond donors (Lipinski definition) is 1. The van der Waals surface area contributed by atoms with Crippen molar-refractivity contribution in [3.05, 3.63) is 63.8 Å². The molecule has 0 spiro atoms. The molecule has 0 aliphatic carbocycles. The summed E-state index contributed by atoms with van der Waals surface area (Å²) in [7, 11) is 0. The first-order valence-corrected chi connectivity index (χ1v) is 5.70. The van der Waals surface area contributed by atoms with Crippen molar-refractivity contribution >= 4 is 22.6 Å². The zero-order valence-corrected chi connectivity index (χ0v) is 9.91. The van der Waals surface area contributed by atoms with Crippen LogP contribution in [-0.2, 0) is 0 Å². The van der Waals surface area contributed by atoms with Crippen molar-refractivity contribution in [1.82, 2.24) is 9.55 Å². The highest BCUT2D eigenvalue weighted by Gasteiger charge is 2.11. The zero-order valence-electron chi connectivity index (χ0n) is 9.15. The number of nitrogens with zero attached hydrogens (tertiary/aromatic N) is 1. The highest BCUT2D eigenvalue weighted by Crippen LogP contribution is 2.22. The number of nitrogens with one attached hydrogen (secondary N) is 1. The number of imidazole rings is 1. The lowest BCUT2D eigenvalue weighted by Gasteiger charge is -2.05. The quantitative estimate of drug-likeness (QED) is 0.719. The Balaban J connectivity index is 2.40. The van der Waals surface area contributed by atoms with Crippen LogP contribution < -0.4 is 5.69 Å². The Labute approximate surface area is 106 Å². The van der Waals surface area contributed by atoms with Crippen molar-refractivity contribution in [2.75, 3.05) is 0 Å². The molecule has 0 amide bonds. The lowest BCUT2D eigenvalue weighted by Crippen LogP contribution is -2.14. The highest BCUT2D eigenvalue weighted by molar-refractivity contribution is 6.32. The van der Waals surface area contributed by atoms with E-state index in [1.165, 1.54) is 16.7 Å². The molecule has 3 aromatic rings. The molecule has 0 atom stereocenters. The smallest absolute Gasteiger partial charge is 0.305 e. The fourth-order valence-electron chi connectivity index (χ4n) is 1.96. The summed E-state index contributed by atoms with van der Waals surface area (Å²) in [5, 5.41) is 0.463. The van der Waals surface area contributed by atoms with Gasteiger partial charge in [-0.2, -0.15) is 0 Å². The van der Waals surface area contributed by atoms with Crippen molar-refractivity contribution in [1.29, 1.82) is 0 Å². The van der Waals surface area contributed by atoms with Gasteiger partial charge in [-0.05, 0) is 30.3 Å². The van der Waals surface area contributed by atoms with Gasteiger partial charge in [0.05, 0.1) is 21.7 Å². The lowest BCUT2D eigenvalue weighted by molar-refractivity contribution is 0.629. The fraction of sp³-hybridized carbons (Fsp3) is 0. The molecule has 0 fully saturated rings. The Kier molecular flexibility index (Phi) is 2.45. The first-order chi connectivity index (χ1) is 8.66. The van der Waals surface area contributed by atoms with Gasteiger partial charge in [0.2, 0.25) is 0 Å². The molecule has 90 valence electrons. The Morgan fingerprint density at radius 2 is 1.94 bits per heavy atom. The molecule has 2 aromatic carbocycles. The number of rotatable bonds is 1. The topological polar surface area (TPSA) is 37.8 Å². The molecule has 1 heterocycles. The standard InChI is InChI=1S/C13H8ClFN2O/c14-9-3-1-2-4-11(9)17-12-6-5-8(15)7-10(12)16-13(17)18/h1-7H,(H,16,18). The molecule has 0 radical (unpaired) electrons. The second kappa shape index (κ2) is 3.99. The fourth-order valence-corrected chi connectivity index (χ4v) is 2.18. The van der Waals surface area contributed by atoms with Crippen LogP contribution in [0.15, 0.2) is 47.3 Å². The molecule has 0 unspecified atom stereocenters. The van der Waals surface area contributed by atoms with E-state index in [-0.39, 0.29) is 5.69 Å². The Bertz CT molecular complexity index is 791. The number of H-pyrrole nitrogens is 1. The van der Waals surface area contributed by atoms with E-state index >= 15 is 0 Å². The number of benzene rings is 2. The summed E-state index contributed by atoms with van der Waals surface area (Å²) in [5.41, 5.74) is 1.26. The van der Waals surface area contributed by atoms with Crippen LogP contribution in [0.3, 0.4) is 0 Å². The van der Waals surface area contributed by atoms with E-state index in [1.54, 1.807) is 30.3 Å². The second-order valence-electron chi connectivity index (χ2n) is 3.88. The normalized spacial score (nSPS) is 11.0. The van der Waals surface area contributed by atoms with Gasteiger partial charge >= 0.3 is 5.69 Å². The first kappa shape index (κ1) is 11.0. The number of halogens is 2. The van der Waals surface area contributed by atoms with Crippen LogP contribution in [-0.4, -0.2) is 9.55 Å². The summed E-state index contributed by atoms with van der Waals surface area (Å²) in [6.07, 6.45) is 0. The van der Waals surface area contributed by atoms with Crippen LogP contribution in [0, 0.1) is 5.82 Å². The molecular weight excluding hydrogens is 255 g/mol. The Morgan fingerprint density at radius 3 is 2.72 bits per heavy atom. The summed E-state index contributed by atoms with van der Waals surface area (Å²) in [5.74, 6) is -0.393. The number of para-hydroxylation sites is 1. The molecule has 0 bridgehead atoms. The number of aromatic amines is 1. The maximum absolute atomic E-state index is 13.1. The third kappa shape index (κ3) is 1.62. The minimum Gasteiger partial charge on any atom is -0.305 e. The first-order valence-electron chi connectivity index (χ1n) is 5.32. The number of fused-ring (bicyclic) bond motifs is 1. The second-order valence-corrected chi connectivity index (χ2v) is 4.29. The summed E-state index contributed by atoms with van der Waals surface area (Å²) in [6.45, 7) is 0. The van der Waals surface area contributed by atoms with E-state index in [1.807, 2.05) is 0 Å². The largest absolute Gasteiger partial charge is 0.331 e.